The first-order valence-electron chi connectivity index (χ1n) is 8.86. The zero-order valence-corrected chi connectivity index (χ0v) is 15.3. The zero-order chi connectivity index (χ0) is 20.1. The van der Waals surface area contributed by atoms with Gasteiger partial charge in [0, 0.05) is 17.8 Å². The number of aromatic nitrogens is 3. The van der Waals surface area contributed by atoms with E-state index >= 15 is 0 Å². The van der Waals surface area contributed by atoms with Crippen molar-refractivity contribution in [3.8, 4) is 5.69 Å². The van der Waals surface area contributed by atoms with Crippen LogP contribution in [0.5, 0.6) is 0 Å². The number of carbonyl (C=O) groups excluding carboxylic acids is 2. The van der Waals surface area contributed by atoms with Gasteiger partial charge < -0.3 is 15.1 Å². The Labute approximate surface area is 166 Å². The van der Waals surface area contributed by atoms with Gasteiger partial charge in [-0.1, -0.05) is 12.1 Å². The first-order valence-corrected chi connectivity index (χ1v) is 8.86. The summed E-state index contributed by atoms with van der Waals surface area (Å²) in [6.45, 7) is 0.371. The van der Waals surface area contributed by atoms with Gasteiger partial charge in [-0.05, 0) is 54.1 Å². The molecule has 2 heterocycles. The van der Waals surface area contributed by atoms with Crippen LogP contribution in [0.2, 0.25) is 0 Å². The van der Waals surface area contributed by atoms with E-state index in [9.17, 15) is 9.59 Å². The molecule has 29 heavy (non-hydrogen) atoms. The summed E-state index contributed by atoms with van der Waals surface area (Å²) < 4.78 is 6.68. The highest BCUT2D eigenvalue weighted by Gasteiger charge is 2.09. The smallest absolute Gasteiger partial charge is 0.291 e. The number of furan rings is 1. The molecule has 144 valence electrons. The van der Waals surface area contributed by atoms with E-state index in [0.29, 0.717) is 17.8 Å². The molecule has 0 bridgehead atoms. The molecule has 0 aliphatic heterocycles. The lowest BCUT2D eigenvalue weighted by atomic mass is 10.1. The zero-order valence-electron chi connectivity index (χ0n) is 15.3. The average molecular weight is 387 g/mol. The van der Waals surface area contributed by atoms with Crippen molar-refractivity contribution in [2.75, 3.05) is 5.32 Å². The molecule has 4 rings (SSSR count). The summed E-state index contributed by atoms with van der Waals surface area (Å²) >= 11 is 0. The summed E-state index contributed by atoms with van der Waals surface area (Å²) in [6.07, 6.45) is 4.49. The van der Waals surface area contributed by atoms with E-state index in [0.717, 1.165) is 11.3 Å². The molecule has 0 radical (unpaired) electrons. The van der Waals surface area contributed by atoms with E-state index in [2.05, 4.69) is 20.7 Å². The summed E-state index contributed by atoms with van der Waals surface area (Å²) in [5, 5.41) is 9.67. The van der Waals surface area contributed by atoms with Crippen molar-refractivity contribution < 1.29 is 14.0 Å². The third-order valence-electron chi connectivity index (χ3n) is 4.22. The molecule has 8 heteroatoms. The molecule has 0 fully saturated rings. The van der Waals surface area contributed by atoms with Crippen molar-refractivity contribution in [1.29, 1.82) is 0 Å². The molecule has 2 aromatic heterocycles. The highest BCUT2D eigenvalue weighted by atomic mass is 16.3. The second-order valence-corrected chi connectivity index (χ2v) is 6.20. The number of rotatable bonds is 6. The monoisotopic (exact) mass is 387 g/mol. The Bertz CT molecular complexity index is 1090. The van der Waals surface area contributed by atoms with E-state index in [1.165, 1.54) is 12.6 Å². The van der Waals surface area contributed by atoms with Gasteiger partial charge in [-0.15, -0.1) is 0 Å². The second-order valence-electron chi connectivity index (χ2n) is 6.20. The van der Waals surface area contributed by atoms with Crippen molar-refractivity contribution in [3.63, 3.8) is 0 Å². The molecule has 8 nitrogen and oxygen atoms in total. The van der Waals surface area contributed by atoms with Gasteiger partial charge >= 0.3 is 0 Å². The van der Waals surface area contributed by atoms with Crippen LogP contribution in [0.15, 0.2) is 84.0 Å². The molecule has 0 unspecified atom stereocenters. The predicted octanol–water partition coefficient (Wildman–Crippen LogP) is 3.04. The van der Waals surface area contributed by atoms with Crippen molar-refractivity contribution >= 4 is 17.5 Å². The van der Waals surface area contributed by atoms with Gasteiger partial charge in [-0.3, -0.25) is 9.59 Å². The highest BCUT2D eigenvalue weighted by Crippen LogP contribution is 2.12. The lowest BCUT2D eigenvalue weighted by Gasteiger charge is -2.08. The molecule has 0 saturated heterocycles. The second kappa shape index (κ2) is 8.22. The lowest BCUT2D eigenvalue weighted by molar-refractivity contribution is 0.0950. The summed E-state index contributed by atoms with van der Waals surface area (Å²) in [6, 6.07) is 17.6. The van der Waals surface area contributed by atoms with E-state index < -0.39 is 0 Å². The van der Waals surface area contributed by atoms with Crippen LogP contribution in [0.25, 0.3) is 5.69 Å². The fraction of sp³-hybridized carbons (Fsp3) is 0.0476. The van der Waals surface area contributed by atoms with Gasteiger partial charge in [0.2, 0.25) is 0 Å². The van der Waals surface area contributed by atoms with Gasteiger partial charge in [0.05, 0.1) is 12.0 Å². The molecule has 0 spiro atoms. The predicted molar refractivity (Wildman–Crippen MR) is 106 cm³/mol. The van der Waals surface area contributed by atoms with Crippen LogP contribution < -0.4 is 10.6 Å². The standard InChI is InChI=1S/C21H17N5O3/c27-20(16-5-9-18(10-6-16)26-14-22-13-24-26)23-12-15-3-7-17(8-4-15)25-21(28)19-2-1-11-29-19/h1-11,13-14H,12H2,(H,23,27)(H,25,28). The molecule has 2 aromatic carbocycles. The summed E-state index contributed by atoms with van der Waals surface area (Å²) in [5.41, 5.74) is 2.93. The summed E-state index contributed by atoms with van der Waals surface area (Å²) in [5.74, 6) is -0.244. The van der Waals surface area contributed by atoms with Crippen LogP contribution >= 0.6 is 0 Å². The quantitative estimate of drug-likeness (QED) is 0.529. The molecule has 2 amide bonds. The third kappa shape index (κ3) is 4.38. The van der Waals surface area contributed by atoms with E-state index in [1.54, 1.807) is 59.5 Å². The maximum atomic E-state index is 12.3. The molecule has 0 aliphatic carbocycles. The minimum atomic E-state index is -0.314. The molecule has 0 aliphatic rings. The largest absolute Gasteiger partial charge is 0.459 e. The number of benzene rings is 2. The van der Waals surface area contributed by atoms with Crippen LogP contribution in [0.4, 0.5) is 5.69 Å². The molecule has 0 saturated carbocycles. The Kier molecular flexibility index (Phi) is 5.15. The van der Waals surface area contributed by atoms with Crippen molar-refractivity contribution in [3.05, 3.63) is 96.5 Å². The minimum Gasteiger partial charge on any atom is -0.459 e. The van der Waals surface area contributed by atoms with Crippen LogP contribution in [0, 0.1) is 0 Å². The number of nitrogens with zero attached hydrogens (tertiary/aromatic N) is 3. The molecular weight excluding hydrogens is 370 g/mol. The molecule has 0 atom stereocenters. The lowest BCUT2D eigenvalue weighted by Crippen LogP contribution is -2.22. The van der Waals surface area contributed by atoms with Crippen molar-refractivity contribution in [2.45, 2.75) is 6.54 Å². The fourth-order valence-corrected chi connectivity index (χ4v) is 2.70. The average Bonchev–Trinajstić information content (AvgIpc) is 3.47. The van der Waals surface area contributed by atoms with Gasteiger partial charge in [0.1, 0.15) is 12.7 Å². The molecular formula is C21H17N5O3. The van der Waals surface area contributed by atoms with Gasteiger partial charge in [-0.25, -0.2) is 9.67 Å². The van der Waals surface area contributed by atoms with Crippen LogP contribution in [0.3, 0.4) is 0 Å². The molecule has 4 aromatic rings. The minimum absolute atomic E-state index is 0.176. The normalized spacial score (nSPS) is 10.5. The summed E-state index contributed by atoms with van der Waals surface area (Å²) in [7, 11) is 0. The van der Waals surface area contributed by atoms with Crippen molar-refractivity contribution in [1.82, 2.24) is 20.1 Å². The van der Waals surface area contributed by atoms with Crippen LogP contribution in [-0.2, 0) is 6.54 Å². The fourth-order valence-electron chi connectivity index (χ4n) is 2.70. The van der Waals surface area contributed by atoms with E-state index in [4.69, 9.17) is 4.42 Å². The number of amides is 2. The van der Waals surface area contributed by atoms with Gasteiger partial charge in [0.15, 0.2) is 5.76 Å². The molecule has 2 N–H and O–H groups in total. The number of hydrogen-bond acceptors (Lipinski definition) is 5. The maximum Gasteiger partial charge on any atom is 0.291 e. The Hall–Kier alpha value is -4.20. The highest BCUT2D eigenvalue weighted by molar-refractivity contribution is 6.02. The topological polar surface area (TPSA) is 102 Å². The Morgan fingerprint density at radius 3 is 2.41 bits per heavy atom. The third-order valence-corrected chi connectivity index (χ3v) is 4.22. The van der Waals surface area contributed by atoms with Gasteiger partial charge in [-0.2, -0.15) is 5.10 Å². The van der Waals surface area contributed by atoms with E-state index in [1.807, 2.05) is 12.1 Å². The first-order chi connectivity index (χ1) is 14.2. The summed E-state index contributed by atoms with van der Waals surface area (Å²) in [4.78, 5) is 28.2. The number of anilines is 1. The Balaban J connectivity index is 1.31. The van der Waals surface area contributed by atoms with Crippen molar-refractivity contribution in [2.24, 2.45) is 0 Å². The Morgan fingerprint density at radius 2 is 1.76 bits per heavy atom. The van der Waals surface area contributed by atoms with Gasteiger partial charge in [0.25, 0.3) is 11.8 Å². The number of carbonyl (C=O) groups is 2. The Morgan fingerprint density at radius 1 is 0.966 bits per heavy atom. The SMILES string of the molecule is O=C(NCc1ccc(NC(=O)c2ccco2)cc1)c1ccc(-n2cncn2)cc1. The first kappa shape index (κ1) is 18.2. The number of nitrogens with one attached hydrogen (secondary N) is 2. The number of hydrogen-bond donors (Lipinski definition) is 2. The van der Waals surface area contributed by atoms with E-state index in [-0.39, 0.29) is 17.6 Å². The van der Waals surface area contributed by atoms with Crippen LogP contribution in [-0.4, -0.2) is 26.6 Å². The maximum absolute atomic E-state index is 12.3. The van der Waals surface area contributed by atoms with Crippen LogP contribution in [0.1, 0.15) is 26.5 Å².